The van der Waals surface area contributed by atoms with Crippen molar-refractivity contribution in [2.24, 2.45) is 0 Å². The summed E-state index contributed by atoms with van der Waals surface area (Å²) in [5.74, 6) is 0. The van der Waals surface area contributed by atoms with Gasteiger partial charge in [0.1, 0.15) is 11.6 Å². The lowest BCUT2D eigenvalue weighted by Crippen LogP contribution is -2.12. The summed E-state index contributed by atoms with van der Waals surface area (Å²) in [6, 6.07) is 13.1. The van der Waals surface area contributed by atoms with Gasteiger partial charge in [-0.15, -0.1) is 11.3 Å². The highest BCUT2D eigenvalue weighted by molar-refractivity contribution is 7.15. The molecule has 0 bridgehead atoms. The zero-order chi connectivity index (χ0) is 18.7. The van der Waals surface area contributed by atoms with E-state index >= 15 is 0 Å². The van der Waals surface area contributed by atoms with Crippen molar-refractivity contribution in [1.29, 1.82) is 5.26 Å². The van der Waals surface area contributed by atoms with Crippen molar-refractivity contribution < 1.29 is 0 Å². The summed E-state index contributed by atoms with van der Waals surface area (Å²) in [6.07, 6.45) is 3.25. The molecule has 3 aromatic rings. The van der Waals surface area contributed by atoms with Gasteiger partial charge in [-0.3, -0.25) is 4.79 Å². The molecule has 2 heterocycles. The number of hydrogen-bond donors (Lipinski definition) is 1. The van der Waals surface area contributed by atoms with Crippen molar-refractivity contribution in [3.05, 3.63) is 67.2 Å². The van der Waals surface area contributed by atoms with Crippen LogP contribution >= 0.6 is 34.5 Å². The normalized spacial score (nSPS) is 10.7. The first-order chi connectivity index (χ1) is 12.5. The molecule has 1 aromatic carbocycles. The third-order valence-corrected chi connectivity index (χ3v) is 6.00. The second-order valence-corrected chi connectivity index (χ2v) is 7.89. The maximum atomic E-state index is 12.4. The Bertz CT molecular complexity index is 1050. The van der Waals surface area contributed by atoms with Gasteiger partial charge < -0.3 is 4.98 Å². The Morgan fingerprint density at radius 3 is 2.65 bits per heavy atom. The van der Waals surface area contributed by atoms with Crippen molar-refractivity contribution in [1.82, 2.24) is 4.98 Å². The van der Waals surface area contributed by atoms with E-state index in [9.17, 15) is 10.1 Å². The fourth-order valence-electron chi connectivity index (χ4n) is 2.69. The van der Waals surface area contributed by atoms with Crippen LogP contribution in [0.2, 0.25) is 10.0 Å². The molecule has 132 valence electrons. The fraction of sp³-hybridized carbons (Fsp3) is 0.200. The van der Waals surface area contributed by atoms with Crippen molar-refractivity contribution in [2.75, 3.05) is 0 Å². The Morgan fingerprint density at radius 1 is 1.15 bits per heavy atom. The van der Waals surface area contributed by atoms with E-state index in [0.717, 1.165) is 29.7 Å². The van der Waals surface area contributed by atoms with Gasteiger partial charge in [0.25, 0.3) is 5.56 Å². The lowest BCUT2D eigenvalue weighted by molar-refractivity contribution is 0.804. The van der Waals surface area contributed by atoms with Gasteiger partial charge in [-0.25, -0.2) is 0 Å². The molecular formula is C20H16Cl2N2OS. The van der Waals surface area contributed by atoms with Crippen LogP contribution in [0.4, 0.5) is 0 Å². The predicted octanol–water partition coefficient (Wildman–Crippen LogP) is 6.29. The third-order valence-electron chi connectivity index (χ3n) is 4.08. The number of H-pyrrole nitrogens is 1. The van der Waals surface area contributed by atoms with Crippen molar-refractivity contribution in [3.63, 3.8) is 0 Å². The molecule has 0 aliphatic heterocycles. The fourth-order valence-corrected chi connectivity index (χ4v) is 4.06. The molecule has 6 heteroatoms. The lowest BCUT2D eigenvalue weighted by atomic mass is 10.0. The molecule has 0 atom stereocenters. The number of aromatic amines is 1. The topological polar surface area (TPSA) is 56.6 Å². The Kier molecular flexibility index (Phi) is 5.83. The number of aryl methyl sites for hydroxylation is 1. The molecule has 1 N–H and O–H groups in total. The monoisotopic (exact) mass is 402 g/mol. The highest BCUT2D eigenvalue weighted by atomic mass is 35.5. The molecule has 0 saturated heterocycles. The van der Waals surface area contributed by atoms with Gasteiger partial charge in [-0.1, -0.05) is 42.6 Å². The van der Waals surface area contributed by atoms with E-state index in [0.29, 0.717) is 21.3 Å². The molecule has 2 aromatic heterocycles. The Morgan fingerprint density at radius 2 is 1.96 bits per heavy atom. The van der Waals surface area contributed by atoms with Crippen LogP contribution in [0.15, 0.2) is 41.2 Å². The van der Waals surface area contributed by atoms with Crippen LogP contribution in [0.5, 0.6) is 0 Å². The number of nitrogens with one attached hydrogen (secondary N) is 1. The van der Waals surface area contributed by atoms with E-state index in [1.165, 1.54) is 4.88 Å². The van der Waals surface area contributed by atoms with Gasteiger partial charge in [0.05, 0.1) is 10.0 Å². The maximum absolute atomic E-state index is 12.4. The molecule has 0 unspecified atom stereocenters. The summed E-state index contributed by atoms with van der Waals surface area (Å²) in [5, 5.41) is 10.3. The van der Waals surface area contributed by atoms with E-state index in [2.05, 4.69) is 18.0 Å². The third kappa shape index (κ3) is 3.86. The molecule has 0 aliphatic rings. The number of rotatable bonds is 5. The Labute approximate surface area is 165 Å². The molecule has 3 nitrogen and oxygen atoms in total. The van der Waals surface area contributed by atoms with Crippen molar-refractivity contribution >= 4 is 34.5 Å². The second-order valence-electron chi connectivity index (χ2n) is 5.91. The summed E-state index contributed by atoms with van der Waals surface area (Å²) in [5.41, 5.74) is 1.70. The Hall–Kier alpha value is -2.06. The number of halogens is 2. The summed E-state index contributed by atoms with van der Waals surface area (Å²) in [6.45, 7) is 2.16. The first-order valence-corrected chi connectivity index (χ1v) is 9.82. The molecule has 26 heavy (non-hydrogen) atoms. The summed E-state index contributed by atoms with van der Waals surface area (Å²) < 4.78 is 0. The number of benzene rings is 1. The van der Waals surface area contributed by atoms with Gasteiger partial charge in [-0.05, 0) is 48.7 Å². The number of hydrogen-bond acceptors (Lipinski definition) is 3. The predicted molar refractivity (Wildman–Crippen MR) is 109 cm³/mol. The number of thiophene rings is 1. The van der Waals surface area contributed by atoms with Gasteiger partial charge in [0.2, 0.25) is 0 Å². The van der Waals surface area contributed by atoms with Crippen LogP contribution in [0.25, 0.3) is 21.7 Å². The molecule has 0 spiro atoms. The minimum absolute atomic E-state index is 0.123. The first kappa shape index (κ1) is 18.7. The molecule has 0 amide bonds. The van der Waals surface area contributed by atoms with E-state index in [4.69, 9.17) is 23.2 Å². The van der Waals surface area contributed by atoms with Crippen LogP contribution in [0, 0.1) is 11.3 Å². The highest BCUT2D eigenvalue weighted by Crippen LogP contribution is 2.33. The molecule has 0 radical (unpaired) electrons. The zero-order valence-electron chi connectivity index (χ0n) is 14.1. The van der Waals surface area contributed by atoms with E-state index in [-0.39, 0.29) is 5.56 Å². The quantitative estimate of drug-likeness (QED) is 0.544. The molecule has 0 aliphatic carbocycles. The van der Waals surface area contributed by atoms with Crippen molar-refractivity contribution in [2.45, 2.75) is 26.2 Å². The number of nitriles is 1. The zero-order valence-corrected chi connectivity index (χ0v) is 16.4. The van der Waals surface area contributed by atoms with Crippen LogP contribution in [0.1, 0.15) is 30.2 Å². The summed E-state index contributed by atoms with van der Waals surface area (Å²) in [4.78, 5) is 17.4. The SMILES string of the molecule is CCCCc1ccc(-c2cc(-c3ccc(Cl)c(Cl)c3)[nH]c(=O)c2C#N)s1. The smallest absolute Gasteiger partial charge is 0.267 e. The van der Waals surface area contributed by atoms with Crippen LogP contribution < -0.4 is 5.56 Å². The van der Waals surface area contributed by atoms with Gasteiger partial charge in [-0.2, -0.15) is 5.26 Å². The summed E-state index contributed by atoms with van der Waals surface area (Å²) >= 11 is 13.7. The van der Waals surface area contributed by atoms with Gasteiger partial charge in [0, 0.05) is 21.0 Å². The number of pyridine rings is 1. The standard InChI is InChI=1S/C20H16Cl2N2OS/c1-2-3-4-13-6-8-19(26-13)14-10-18(24-20(25)15(14)11-23)12-5-7-16(21)17(22)9-12/h5-10H,2-4H2,1H3,(H,24,25). The molecular weight excluding hydrogens is 387 g/mol. The molecule has 3 rings (SSSR count). The van der Waals surface area contributed by atoms with Crippen LogP contribution in [0.3, 0.4) is 0 Å². The first-order valence-electron chi connectivity index (χ1n) is 8.25. The molecule has 0 fully saturated rings. The van der Waals surface area contributed by atoms with E-state index in [1.807, 2.05) is 18.2 Å². The Balaban J connectivity index is 2.11. The second kappa shape index (κ2) is 8.09. The maximum Gasteiger partial charge on any atom is 0.267 e. The number of aromatic nitrogens is 1. The van der Waals surface area contributed by atoms with Gasteiger partial charge in [0.15, 0.2) is 0 Å². The largest absolute Gasteiger partial charge is 0.321 e. The van der Waals surface area contributed by atoms with E-state index < -0.39 is 5.56 Å². The van der Waals surface area contributed by atoms with Crippen LogP contribution in [-0.2, 0) is 6.42 Å². The molecule has 0 saturated carbocycles. The highest BCUT2D eigenvalue weighted by Gasteiger charge is 2.15. The average Bonchev–Trinajstić information content (AvgIpc) is 3.10. The number of nitrogens with zero attached hydrogens (tertiary/aromatic N) is 1. The minimum Gasteiger partial charge on any atom is -0.321 e. The van der Waals surface area contributed by atoms with Gasteiger partial charge >= 0.3 is 0 Å². The van der Waals surface area contributed by atoms with E-state index in [1.54, 1.807) is 29.5 Å². The minimum atomic E-state index is -0.408. The lowest BCUT2D eigenvalue weighted by Gasteiger charge is -2.07. The van der Waals surface area contributed by atoms with Crippen LogP contribution in [-0.4, -0.2) is 4.98 Å². The summed E-state index contributed by atoms with van der Waals surface area (Å²) in [7, 11) is 0. The average molecular weight is 403 g/mol. The van der Waals surface area contributed by atoms with Crippen molar-refractivity contribution in [3.8, 4) is 27.8 Å². The number of unbranched alkanes of at least 4 members (excludes halogenated alkanes) is 1.